The number of nitrogens with one attached hydrogen (secondary N) is 1. The fourth-order valence-corrected chi connectivity index (χ4v) is 2.63. The lowest BCUT2D eigenvalue weighted by atomic mass is 10.2. The van der Waals surface area contributed by atoms with Crippen molar-refractivity contribution in [2.75, 3.05) is 39.9 Å². The van der Waals surface area contributed by atoms with Gasteiger partial charge in [-0.15, -0.1) is 0 Å². The summed E-state index contributed by atoms with van der Waals surface area (Å²) in [4.78, 5) is 28.0. The monoisotopic (exact) mass is 349 g/mol. The van der Waals surface area contributed by atoms with Crippen molar-refractivity contribution in [3.05, 3.63) is 30.3 Å². The van der Waals surface area contributed by atoms with Gasteiger partial charge in [-0.1, -0.05) is 18.2 Å². The molecule has 25 heavy (non-hydrogen) atoms. The Morgan fingerprint density at radius 1 is 1.12 bits per heavy atom. The molecule has 1 N–H and O–H groups in total. The third kappa shape index (κ3) is 6.26. The SMILES string of the molecule is COCC[C@H](C)NC(=O)N1CCCN(C(=O)Oc2ccccc2)CC1. The highest BCUT2D eigenvalue weighted by Crippen LogP contribution is 2.12. The van der Waals surface area contributed by atoms with Gasteiger partial charge < -0.3 is 24.6 Å². The molecule has 1 aromatic carbocycles. The number of carbonyl (C=O) groups is 2. The molecule has 1 heterocycles. The molecule has 0 unspecified atom stereocenters. The molecule has 1 fully saturated rings. The van der Waals surface area contributed by atoms with Crippen LogP contribution < -0.4 is 10.1 Å². The second kappa shape index (κ2) is 9.88. The van der Waals surface area contributed by atoms with Crippen molar-refractivity contribution in [1.29, 1.82) is 0 Å². The van der Waals surface area contributed by atoms with Crippen LogP contribution in [0.2, 0.25) is 0 Å². The number of rotatable bonds is 5. The summed E-state index contributed by atoms with van der Waals surface area (Å²) in [5.41, 5.74) is 0. The summed E-state index contributed by atoms with van der Waals surface area (Å²) >= 11 is 0. The standard InChI is InChI=1S/C18H27N3O4/c1-15(9-14-24-2)19-17(22)20-10-6-11-21(13-12-20)18(23)25-16-7-4-3-5-8-16/h3-5,7-8,15H,6,9-14H2,1-2H3,(H,19,22)/t15-/m0/s1. The normalized spacial score (nSPS) is 16.1. The molecule has 1 aromatic rings. The van der Waals surface area contributed by atoms with Gasteiger partial charge in [-0.3, -0.25) is 0 Å². The lowest BCUT2D eigenvalue weighted by molar-refractivity contribution is 0.152. The first kappa shape index (κ1) is 19.1. The maximum atomic E-state index is 12.3. The van der Waals surface area contributed by atoms with Crippen LogP contribution in [0.3, 0.4) is 0 Å². The van der Waals surface area contributed by atoms with E-state index >= 15 is 0 Å². The molecule has 1 aliphatic heterocycles. The van der Waals surface area contributed by atoms with E-state index in [9.17, 15) is 9.59 Å². The zero-order valence-corrected chi connectivity index (χ0v) is 14.9. The molecule has 0 aromatic heterocycles. The predicted molar refractivity (Wildman–Crippen MR) is 94.7 cm³/mol. The van der Waals surface area contributed by atoms with E-state index in [1.807, 2.05) is 25.1 Å². The van der Waals surface area contributed by atoms with Crippen molar-refractivity contribution in [3.8, 4) is 5.75 Å². The van der Waals surface area contributed by atoms with Crippen LogP contribution >= 0.6 is 0 Å². The van der Waals surface area contributed by atoms with E-state index < -0.39 is 0 Å². The van der Waals surface area contributed by atoms with Gasteiger partial charge in [0.05, 0.1) is 0 Å². The van der Waals surface area contributed by atoms with Crippen LogP contribution in [0.15, 0.2) is 30.3 Å². The zero-order chi connectivity index (χ0) is 18.1. The van der Waals surface area contributed by atoms with Gasteiger partial charge in [0.2, 0.25) is 0 Å². The summed E-state index contributed by atoms with van der Waals surface area (Å²) < 4.78 is 10.4. The van der Waals surface area contributed by atoms with Crippen molar-refractivity contribution in [3.63, 3.8) is 0 Å². The van der Waals surface area contributed by atoms with Crippen LogP contribution in [0.1, 0.15) is 19.8 Å². The van der Waals surface area contributed by atoms with E-state index in [0.29, 0.717) is 38.5 Å². The Labute approximate surface area is 148 Å². The second-order valence-corrected chi connectivity index (χ2v) is 6.14. The number of carbonyl (C=O) groups excluding carboxylic acids is 2. The van der Waals surface area contributed by atoms with Gasteiger partial charge in [0.15, 0.2) is 0 Å². The van der Waals surface area contributed by atoms with Crippen molar-refractivity contribution < 1.29 is 19.1 Å². The van der Waals surface area contributed by atoms with Gasteiger partial charge in [-0.2, -0.15) is 0 Å². The molecule has 1 atom stereocenters. The highest BCUT2D eigenvalue weighted by Gasteiger charge is 2.23. The lowest BCUT2D eigenvalue weighted by Gasteiger charge is -2.24. The van der Waals surface area contributed by atoms with Gasteiger partial charge in [-0.25, -0.2) is 9.59 Å². The first-order chi connectivity index (χ1) is 12.1. The van der Waals surface area contributed by atoms with Crippen LogP contribution in [0, 0.1) is 0 Å². The fraction of sp³-hybridized carbons (Fsp3) is 0.556. The summed E-state index contributed by atoms with van der Waals surface area (Å²) in [6.45, 7) is 4.73. The maximum absolute atomic E-state index is 12.3. The average molecular weight is 349 g/mol. The number of ether oxygens (including phenoxy) is 2. The third-order valence-electron chi connectivity index (χ3n) is 4.11. The molecule has 138 valence electrons. The van der Waals surface area contributed by atoms with E-state index in [1.165, 1.54) is 0 Å². The number of methoxy groups -OCH3 is 1. The average Bonchev–Trinajstić information content (AvgIpc) is 2.87. The number of nitrogens with zero attached hydrogens (tertiary/aromatic N) is 2. The zero-order valence-electron chi connectivity index (χ0n) is 14.9. The summed E-state index contributed by atoms with van der Waals surface area (Å²) in [5, 5.41) is 2.97. The number of benzene rings is 1. The Balaban J connectivity index is 1.80. The molecule has 0 spiro atoms. The Morgan fingerprint density at radius 2 is 1.80 bits per heavy atom. The van der Waals surface area contributed by atoms with Crippen molar-refractivity contribution >= 4 is 12.1 Å². The van der Waals surface area contributed by atoms with E-state index in [4.69, 9.17) is 9.47 Å². The highest BCUT2D eigenvalue weighted by atomic mass is 16.6. The van der Waals surface area contributed by atoms with Crippen LogP contribution in [-0.4, -0.2) is 67.9 Å². The van der Waals surface area contributed by atoms with Crippen LogP contribution in [0.4, 0.5) is 9.59 Å². The van der Waals surface area contributed by atoms with Gasteiger partial charge in [0.1, 0.15) is 5.75 Å². The fourth-order valence-electron chi connectivity index (χ4n) is 2.63. The Kier molecular flexibility index (Phi) is 7.53. The van der Waals surface area contributed by atoms with Gasteiger partial charge in [0, 0.05) is 45.9 Å². The minimum atomic E-state index is -0.373. The Hall–Kier alpha value is -2.28. The summed E-state index contributed by atoms with van der Waals surface area (Å²) in [5.74, 6) is 0.526. The van der Waals surface area contributed by atoms with Crippen molar-refractivity contribution in [2.24, 2.45) is 0 Å². The smallest absolute Gasteiger partial charge is 0.410 e. The van der Waals surface area contributed by atoms with Crippen molar-refractivity contribution in [2.45, 2.75) is 25.8 Å². The van der Waals surface area contributed by atoms with Crippen LogP contribution in [0.25, 0.3) is 0 Å². The molecular formula is C18H27N3O4. The van der Waals surface area contributed by atoms with E-state index in [1.54, 1.807) is 29.0 Å². The van der Waals surface area contributed by atoms with E-state index in [-0.39, 0.29) is 18.2 Å². The van der Waals surface area contributed by atoms with Crippen LogP contribution in [0.5, 0.6) is 5.75 Å². The highest BCUT2D eigenvalue weighted by molar-refractivity contribution is 5.75. The quantitative estimate of drug-likeness (QED) is 0.886. The largest absolute Gasteiger partial charge is 0.415 e. The predicted octanol–water partition coefficient (Wildman–Crippen LogP) is 2.33. The van der Waals surface area contributed by atoms with Crippen molar-refractivity contribution in [1.82, 2.24) is 15.1 Å². The molecule has 1 saturated heterocycles. The lowest BCUT2D eigenvalue weighted by Crippen LogP contribution is -2.46. The number of hydrogen-bond donors (Lipinski definition) is 1. The van der Waals surface area contributed by atoms with Gasteiger partial charge >= 0.3 is 12.1 Å². The topological polar surface area (TPSA) is 71.1 Å². The van der Waals surface area contributed by atoms with Gasteiger partial charge in [-0.05, 0) is 31.9 Å². The molecule has 7 nitrogen and oxygen atoms in total. The third-order valence-corrected chi connectivity index (χ3v) is 4.11. The molecule has 3 amide bonds. The molecule has 0 bridgehead atoms. The summed E-state index contributed by atoms with van der Waals surface area (Å²) in [7, 11) is 1.65. The molecule has 0 aliphatic carbocycles. The Bertz CT molecular complexity index is 553. The number of amides is 3. The molecular weight excluding hydrogens is 322 g/mol. The number of hydrogen-bond acceptors (Lipinski definition) is 4. The first-order valence-corrected chi connectivity index (χ1v) is 8.66. The number of para-hydroxylation sites is 1. The maximum Gasteiger partial charge on any atom is 0.415 e. The van der Waals surface area contributed by atoms with Crippen LogP contribution in [-0.2, 0) is 4.74 Å². The first-order valence-electron chi connectivity index (χ1n) is 8.66. The second-order valence-electron chi connectivity index (χ2n) is 6.14. The summed E-state index contributed by atoms with van der Waals surface area (Å²) in [6, 6.07) is 8.96. The van der Waals surface area contributed by atoms with E-state index in [0.717, 1.165) is 12.8 Å². The molecule has 7 heteroatoms. The van der Waals surface area contributed by atoms with Gasteiger partial charge in [0.25, 0.3) is 0 Å². The molecule has 0 saturated carbocycles. The minimum absolute atomic E-state index is 0.0508. The minimum Gasteiger partial charge on any atom is -0.410 e. The van der Waals surface area contributed by atoms with E-state index in [2.05, 4.69) is 5.32 Å². The number of urea groups is 1. The molecule has 1 aliphatic rings. The molecule has 2 rings (SSSR count). The molecule has 0 radical (unpaired) electrons. The summed E-state index contributed by atoms with van der Waals surface area (Å²) in [6.07, 6.45) is 1.12. The Morgan fingerprint density at radius 3 is 2.52 bits per heavy atom.